The fourth-order valence-corrected chi connectivity index (χ4v) is 5.64. The van der Waals surface area contributed by atoms with Gasteiger partial charge < -0.3 is 9.88 Å². The highest BCUT2D eigenvalue weighted by atomic mass is 19.1. The number of aromatic amines is 1. The quantitative estimate of drug-likeness (QED) is 0.787. The monoisotopic (exact) mass is 438 g/mol. The summed E-state index contributed by atoms with van der Waals surface area (Å²) in [4.78, 5) is 38.3. The van der Waals surface area contributed by atoms with Gasteiger partial charge in [0.05, 0.1) is 11.7 Å². The lowest BCUT2D eigenvalue weighted by Gasteiger charge is -2.38. The minimum atomic E-state index is -0.424. The van der Waals surface area contributed by atoms with Gasteiger partial charge >= 0.3 is 0 Å². The van der Waals surface area contributed by atoms with Crippen molar-refractivity contribution in [2.24, 2.45) is 0 Å². The normalized spacial score (nSPS) is 22.5. The third-order valence-corrected chi connectivity index (χ3v) is 7.36. The van der Waals surface area contributed by atoms with Gasteiger partial charge in [-0.25, -0.2) is 9.37 Å². The van der Waals surface area contributed by atoms with Crippen LogP contribution < -0.4 is 5.56 Å². The first-order valence-corrected chi connectivity index (χ1v) is 12.0. The second kappa shape index (κ2) is 9.14. The maximum absolute atomic E-state index is 13.7. The zero-order chi connectivity index (χ0) is 22.1. The molecule has 0 spiro atoms. The van der Waals surface area contributed by atoms with Crippen LogP contribution in [0.1, 0.15) is 84.8 Å². The zero-order valence-corrected chi connectivity index (χ0v) is 18.5. The summed E-state index contributed by atoms with van der Waals surface area (Å²) in [6, 6.07) is 6.11. The van der Waals surface area contributed by atoms with Gasteiger partial charge in [-0.3, -0.25) is 14.5 Å². The fourth-order valence-electron chi connectivity index (χ4n) is 5.64. The van der Waals surface area contributed by atoms with Crippen molar-refractivity contribution in [3.05, 3.63) is 63.1 Å². The number of nitrogens with zero attached hydrogens (tertiary/aromatic N) is 3. The van der Waals surface area contributed by atoms with Crippen molar-refractivity contribution in [3.8, 4) is 0 Å². The number of H-pyrrole nitrogens is 1. The Labute approximate surface area is 187 Å². The van der Waals surface area contributed by atoms with Gasteiger partial charge in [-0.05, 0) is 56.7 Å². The van der Waals surface area contributed by atoms with E-state index in [-0.39, 0.29) is 17.5 Å². The van der Waals surface area contributed by atoms with Crippen LogP contribution in [0.2, 0.25) is 0 Å². The van der Waals surface area contributed by atoms with Gasteiger partial charge in [-0.1, -0.05) is 25.3 Å². The second-order valence-electron chi connectivity index (χ2n) is 9.41. The Hall–Kier alpha value is -2.54. The van der Waals surface area contributed by atoms with Crippen molar-refractivity contribution < 1.29 is 9.18 Å². The number of halogens is 1. The number of rotatable bonds is 3. The van der Waals surface area contributed by atoms with Crippen LogP contribution in [-0.2, 0) is 13.0 Å². The van der Waals surface area contributed by atoms with Gasteiger partial charge in [0.1, 0.15) is 11.6 Å². The lowest BCUT2D eigenvalue weighted by Crippen LogP contribution is -2.44. The molecular formula is C25H31FN4O2. The number of nitrogens with one attached hydrogen (secondary N) is 1. The Kier molecular flexibility index (Phi) is 6.09. The number of benzene rings is 1. The summed E-state index contributed by atoms with van der Waals surface area (Å²) >= 11 is 0. The molecule has 1 saturated heterocycles. The molecule has 1 aliphatic carbocycles. The molecule has 5 rings (SSSR count). The van der Waals surface area contributed by atoms with Crippen LogP contribution in [0.15, 0.2) is 29.1 Å². The van der Waals surface area contributed by atoms with Gasteiger partial charge in [0.2, 0.25) is 0 Å². The number of aromatic nitrogens is 2. The summed E-state index contributed by atoms with van der Waals surface area (Å²) in [5, 5.41) is 0. The van der Waals surface area contributed by atoms with Crippen LogP contribution in [0, 0.1) is 5.82 Å². The van der Waals surface area contributed by atoms with Crippen molar-refractivity contribution >= 4 is 5.91 Å². The molecule has 32 heavy (non-hydrogen) atoms. The van der Waals surface area contributed by atoms with Gasteiger partial charge in [-0.2, -0.15) is 0 Å². The Balaban J connectivity index is 1.42. The molecule has 1 amide bonds. The van der Waals surface area contributed by atoms with Crippen molar-refractivity contribution in [3.63, 3.8) is 0 Å². The van der Waals surface area contributed by atoms with Crippen molar-refractivity contribution in [2.45, 2.75) is 76.4 Å². The summed E-state index contributed by atoms with van der Waals surface area (Å²) < 4.78 is 13.7. The van der Waals surface area contributed by atoms with Crippen molar-refractivity contribution in [2.75, 3.05) is 13.1 Å². The third-order valence-electron chi connectivity index (χ3n) is 7.36. The molecule has 0 radical (unpaired) electrons. The molecule has 1 saturated carbocycles. The van der Waals surface area contributed by atoms with E-state index in [2.05, 4.69) is 9.88 Å². The first-order chi connectivity index (χ1) is 15.6. The molecule has 2 fully saturated rings. The molecule has 1 aromatic heterocycles. The number of hydrogen-bond donors (Lipinski definition) is 1. The van der Waals surface area contributed by atoms with E-state index >= 15 is 0 Å². The Morgan fingerprint density at radius 3 is 2.69 bits per heavy atom. The average molecular weight is 439 g/mol. The molecule has 3 aliphatic rings. The van der Waals surface area contributed by atoms with E-state index in [4.69, 9.17) is 4.98 Å². The SMILES string of the molecule is O=C(c1cccc(F)c1)N1CCCC[C@@H]1c1nc2c(c(=O)[nH]1)CCN(C1CCCCC1)C2. The number of hydrogen-bond acceptors (Lipinski definition) is 4. The minimum Gasteiger partial charge on any atom is -0.328 e. The predicted molar refractivity (Wildman–Crippen MR) is 120 cm³/mol. The molecule has 1 atom stereocenters. The number of piperidine rings is 1. The van der Waals surface area contributed by atoms with E-state index in [1.807, 2.05) is 0 Å². The van der Waals surface area contributed by atoms with Gasteiger partial charge in [-0.15, -0.1) is 0 Å². The number of carbonyl (C=O) groups excluding carboxylic acids is 1. The molecule has 0 unspecified atom stereocenters. The Bertz CT molecular complexity index is 1050. The number of fused-ring (bicyclic) bond motifs is 1. The van der Waals surface area contributed by atoms with E-state index in [9.17, 15) is 14.0 Å². The first kappa shape index (κ1) is 21.3. The molecule has 1 N–H and O–H groups in total. The maximum atomic E-state index is 13.7. The highest BCUT2D eigenvalue weighted by Gasteiger charge is 2.33. The predicted octanol–water partition coefficient (Wildman–Crippen LogP) is 3.97. The van der Waals surface area contributed by atoms with Crippen LogP contribution >= 0.6 is 0 Å². The Morgan fingerprint density at radius 1 is 1.06 bits per heavy atom. The van der Waals surface area contributed by atoms with Gasteiger partial charge in [0.25, 0.3) is 11.5 Å². The van der Waals surface area contributed by atoms with Crippen molar-refractivity contribution in [1.82, 2.24) is 19.8 Å². The third kappa shape index (κ3) is 4.22. The minimum absolute atomic E-state index is 0.0722. The molecule has 2 aromatic rings. The number of likely N-dealkylation sites (tertiary alicyclic amines) is 1. The van der Waals surface area contributed by atoms with Crippen LogP contribution in [0.4, 0.5) is 4.39 Å². The lowest BCUT2D eigenvalue weighted by molar-refractivity contribution is 0.0597. The number of carbonyl (C=O) groups is 1. The molecule has 7 heteroatoms. The van der Waals surface area contributed by atoms with E-state index in [1.54, 1.807) is 17.0 Å². The molecule has 2 aliphatic heterocycles. The second-order valence-corrected chi connectivity index (χ2v) is 9.41. The van der Waals surface area contributed by atoms with Crippen LogP contribution in [-0.4, -0.2) is 44.8 Å². The highest BCUT2D eigenvalue weighted by Crippen LogP contribution is 2.32. The largest absolute Gasteiger partial charge is 0.328 e. The maximum Gasteiger partial charge on any atom is 0.254 e. The lowest BCUT2D eigenvalue weighted by atomic mass is 9.92. The fraction of sp³-hybridized carbons (Fsp3) is 0.560. The summed E-state index contributed by atoms with van der Waals surface area (Å²) in [5.74, 6) is -0.0605. The van der Waals surface area contributed by atoms with Gasteiger partial charge in [0, 0.05) is 36.8 Å². The van der Waals surface area contributed by atoms with Crippen molar-refractivity contribution in [1.29, 1.82) is 0 Å². The molecule has 0 bridgehead atoms. The van der Waals surface area contributed by atoms with E-state index in [0.29, 0.717) is 30.5 Å². The molecule has 6 nitrogen and oxygen atoms in total. The first-order valence-electron chi connectivity index (χ1n) is 12.0. The summed E-state index contributed by atoms with van der Waals surface area (Å²) in [5.41, 5.74) is 1.92. The van der Waals surface area contributed by atoms with Gasteiger partial charge in [0.15, 0.2) is 0 Å². The molecule has 1 aromatic carbocycles. The Morgan fingerprint density at radius 2 is 1.88 bits per heavy atom. The van der Waals surface area contributed by atoms with Crippen LogP contribution in [0.5, 0.6) is 0 Å². The average Bonchev–Trinajstić information content (AvgIpc) is 2.84. The highest BCUT2D eigenvalue weighted by molar-refractivity contribution is 5.94. The molecular weight excluding hydrogens is 407 g/mol. The topological polar surface area (TPSA) is 69.3 Å². The van der Waals surface area contributed by atoms with E-state index in [0.717, 1.165) is 43.5 Å². The zero-order valence-electron chi connectivity index (χ0n) is 18.5. The van der Waals surface area contributed by atoms with Crippen LogP contribution in [0.3, 0.4) is 0 Å². The van der Waals surface area contributed by atoms with E-state index < -0.39 is 5.82 Å². The summed E-state index contributed by atoms with van der Waals surface area (Å²) in [7, 11) is 0. The molecule has 3 heterocycles. The molecule has 170 valence electrons. The van der Waals surface area contributed by atoms with Crippen LogP contribution in [0.25, 0.3) is 0 Å². The summed E-state index contributed by atoms with van der Waals surface area (Å²) in [6.07, 6.45) is 9.66. The summed E-state index contributed by atoms with van der Waals surface area (Å²) in [6.45, 7) is 2.20. The standard InChI is InChI=1S/C25H31FN4O2/c26-18-8-6-7-17(15-18)25(32)30-13-5-4-11-22(30)23-27-21-16-29(19-9-2-1-3-10-19)14-12-20(21)24(31)28-23/h6-8,15,19,22H,1-5,9-14,16H2,(H,27,28,31)/t22-/m1/s1. The van der Waals surface area contributed by atoms with E-state index in [1.165, 1.54) is 44.2 Å². The smallest absolute Gasteiger partial charge is 0.254 e. The number of amides is 1.